The van der Waals surface area contributed by atoms with Gasteiger partial charge in [0.2, 0.25) is 0 Å². The fraction of sp³-hybridized carbons (Fsp3) is 0.138. The van der Waals surface area contributed by atoms with Gasteiger partial charge in [0.25, 0.3) is 5.91 Å². The van der Waals surface area contributed by atoms with Crippen LogP contribution in [0.25, 0.3) is 0 Å². The van der Waals surface area contributed by atoms with Crippen LogP contribution in [0.2, 0.25) is 0 Å². The molecule has 0 saturated carbocycles. The largest absolute Gasteiger partial charge is 0.496 e. The summed E-state index contributed by atoms with van der Waals surface area (Å²) >= 11 is 0. The van der Waals surface area contributed by atoms with E-state index < -0.39 is 0 Å². The Hall–Kier alpha value is -4.25. The zero-order chi connectivity index (χ0) is 23.9. The summed E-state index contributed by atoms with van der Waals surface area (Å²) in [5.74, 6) is 2.45. The summed E-state index contributed by atoms with van der Waals surface area (Å²) in [6.45, 7) is 4.34. The predicted molar refractivity (Wildman–Crippen MR) is 134 cm³/mol. The fourth-order valence-electron chi connectivity index (χ4n) is 3.68. The number of ether oxygens (including phenoxy) is 3. The van der Waals surface area contributed by atoms with Crippen molar-refractivity contribution in [3.63, 3.8) is 0 Å². The molecule has 0 fully saturated rings. The van der Waals surface area contributed by atoms with E-state index in [2.05, 4.69) is 11.4 Å². The van der Waals surface area contributed by atoms with E-state index in [1.807, 2.05) is 80.6 Å². The van der Waals surface area contributed by atoms with Crippen LogP contribution in [0.1, 0.15) is 27.0 Å². The summed E-state index contributed by atoms with van der Waals surface area (Å²) in [4.78, 5) is 13.1. The number of anilines is 1. The smallest absolute Gasteiger partial charge is 0.255 e. The number of aryl methyl sites for hydroxylation is 2. The SMILES string of the molecule is COc1ccc(C(=O)Nc2ccccc2Oc2ccccc2)cc1COc1cc(C)cc(C)c1. The van der Waals surface area contributed by atoms with Crippen LogP contribution < -0.4 is 19.5 Å². The Morgan fingerprint density at radius 3 is 2.21 bits per heavy atom. The van der Waals surface area contributed by atoms with E-state index in [1.165, 1.54) is 0 Å². The van der Waals surface area contributed by atoms with E-state index in [0.29, 0.717) is 28.5 Å². The molecule has 0 aliphatic heterocycles. The summed E-state index contributed by atoms with van der Waals surface area (Å²) < 4.78 is 17.4. The molecule has 0 bridgehead atoms. The monoisotopic (exact) mass is 453 g/mol. The van der Waals surface area contributed by atoms with Gasteiger partial charge >= 0.3 is 0 Å². The van der Waals surface area contributed by atoms with Gasteiger partial charge < -0.3 is 19.5 Å². The lowest BCUT2D eigenvalue weighted by Crippen LogP contribution is -2.13. The van der Waals surface area contributed by atoms with Crippen LogP contribution in [0.5, 0.6) is 23.0 Å². The van der Waals surface area contributed by atoms with Crippen molar-refractivity contribution in [2.45, 2.75) is 20.5 Å². The second-order valence-electron chi connectivity index (χ2n) is 8.00. The van der Waals surface area contributed by atoms with Crippen LogP contribution in [-0.4, -0.2) is 13.0 Å². The topological polar surface area (TPSA) is 56.8 Å². The van der Waals surface area contributed by atoms with Crippen molar-refractivity contribution < 1.29 is 19.0 Å². The number of hydrogen-bond donors (Lipinski definition) is 1. The lowest BCUT2D eigenvalue weighted by Gasteiger charge is -2.14. The van der Waals surface area contributed by atoms with Crippen molar-refractivity contribution in [2.24, 2.45) is 0 Å². The van der Waals surface area contributed by atoms with Gasteiger partial charge in [-0.15, -0.1) is 0 Å². The molecule has 0 heterocycles. The minimum absolute atomic E-state index is 0.251. The number of carbonyl (C=O) groups is 1. The Bertz CT molecular complexity index is 1260. The third kappa shape index (κ3) is 5.75. The third-order valence-electron chi connectivity index (χ3n) is 5.24. The van der Waals surface area contributed by atoms with Crippen LogP contribution >= 0.6 is 0 Å². The van der Waals surface area contributed by atoms with Gasteiger partial charge in [0.1, 0.15) is 23.9 Å². The number of hydrogen-bond acceptors (Lipinski definition) is 4. The molecule has 0 spiro atoms. The molecule has 34 heavy (non-hydrogen) atoms. The molecule has 5 heteroatoms. The average Bonchev–Trinajstić information content (AvgIpc) is 2.84. The van der Waals surface area contributed by atoms with E-state index in [9.17, 15) is 4.79 Å². The molecule has 0 aromatic heterocycles. The van der Waals surface area contributed by atoms with E-state index in [0.717, 1.165) is 22.4 Å². The highest BCUT2D eigenvalue weighted by molar-refractivity contribution is 6.05. The molecule has 5 nitrogen and oxygen atoms in total. The van der Waals surface area contributed by atoms with Crippen LogP contribution in [0.15, 0.2) is 91.0 Å². The predicted octanol–water partition coefficient (Wildman–Crippen LogP) is 6.94. The molecule has 4 aromatic rings. The Morgan fingerprint density at radius 2 is 1.47 bits per heavy atom. The zero-order valence-corrected chi connectivity index (χ0v) is 19.5. The van der Waals surface area contributed by atoms with Crippen molar-refractivity contribution in [3.05, 3.63) is 113 Å². The molecular formula is C29H27NO4. The number of para-hydroxylation sites is 3. The first kappa shape index (κ1) is 22.9. The zero-order valence-electron chi connectivity index (χ0n) is 19.5. The molecule has 0 unspecified atom stereocenters. The number of rotatable bonds is 8. The standard InChI is InChI=1S/C29H27NO4/c1-20-15-21(2)17-25(16-20)33-19-23-18-22(13-14-27(23)32-3)29(31)30-26-11-7-8-12-28(26)34-24-9-5-4-6-10-24/h4-18H,19H2,1-3H3,(H,30,31). The summed E-state index contributed by atoms with van der Waals surface area (Å²) in [6.07, 6.45) is 0. The van der Waals surface area contributed by atoms with E-state index >= 15 is 0 Å². The Balaban J connectivity index is 1.52. The number of carbonyl (C=O) groups excluding carboxylic acids is 1. The second kappa shape index (κ2) is 10.6. The molecule has 0 aliphatic carbocycles. The van der Waals surface area contributed by atoms with Gasteiger partial charge in [-0.3, -0.25) is 4.79 Å². The molecule has 1 N–H and O–H groups in total. The Labute approximate surface area is 199 Å². The molecule has 1 amide bonds. The van der Waals surface area contributed by atoms with Crippen LogP contribution in [-0.2, 0) is 6.61 Å². The van der Waals surface area contributed by atoms with Crippen LogP contribution in [0.3, 0.4) is 0 Å². The van der Waals surface area contributed by atoms with Gasteiger partial charge in [0, 0.05) is 11.1 Å². The minimum Gasteiger partial charge on any atom is -0.496 e. The van der Waals surface area contributed by atoms with Crippen molar-refractivity contribution in [3.8, 4) is 23.0 Å². The summed E-state index contributed by atoms with van der Waals surface area (Å²) in [5.41, 5.74) is 4.12. The third-order valence-corrected chi connectivity index (χ3v) is 5.24. The molecule has 0 saturated heterocycles. The van der Waals surface area contributed by atoms with Crippen LogP contribution in [0, 0.1) is 13.8 Å². The maximum Gasteiger partial charge on any atom is 0.255 e. The van der Waals surface area contributed by atoms with E-state index in [1.54, 1.807) is 25.3 Å². The summed E-state index contributed by atoms with van der Waals surface area (Å²) in [7, 11) is 1.60. The summed E-state index contributed by atoms with van der Waals surface area (Å²) in [5, 5.41) is 2.95. The lowest BCUT2D eigenvalue weighted by atomic mass is 10.1. The van der Waals surface area contributed by atoms with Gasteiger partial charge in [0.05, 0.1) is 12.8 Å². The molecule has 172 valence electrons. The second-order valence-corrected chi connectivity index (χ2v) is 8.00. The molecule has 4 rings (SSSR count). The van der Waals surface area contributed by atoms with Crippen molar-refractivity contribution in [1.82, 2.24) is 0 Å². The van der Waals surface area contributed by atoms with Crippen molar-refractivity contribution >= 4 is 11.6 Å². The molecule has 0 radical (unpaired) electrons. The van der Waals surface area contributed by atoms with Crippen LogP contribution in [0.4, 0.5) is 5.69 Å². The molecule has 0 atom stereocenters. The maximum atomic E-state index is 13.1. The molecular weight excluding hydrogens is 426 g/mol. The number of nitrogens with one attached hydrogen (secondary N) is 1. The average molecular weight is 454 g/mol. The van der Waals surface area contributed by atoms with Gasteiger partial charge in [-0.25, -0.2) is 0 Å². The number of methoxy groups -OCH3 is 1. The maximum absolute atomic E-state index is 13.1. The van der Waals surface area contributed by atoms with Crippen molar-refractivity contribution in [1.29, 1.82) is 0 Å². The lowest BCUT2D eigenvalue weighted by molar-refractivity contribution is 0.102. The van der Waals surface area contributed by atoms with E-state index in [-0.39, 0.29) is 12.5 Å². The number of benzene rings is 4. The molecule has 4 aromatic carbocycles. The highest BCUT2D eigenvalue weighted by Gasteiger charge is 2.14. The minimum atomic E-state index is -0.251. The highest BCUT2D eigenvalue weighted by Crippen LogP contribution is 2.30. The van der Waals surface area contributed by atoms with Gasteiger partial charge in [0.15, 0.2) is 5.75 Å². The van der Waals surface area contributed by atoms with Crippen molar-refractivity contribution in [2.75, 3.05) is 12.4 Å². The first-order valence-corrected chi connectivity index (χ1v) is 11.0. The van der Waals surface area contributed by atoms with Gasteiger partial charge in [-0.2, -0.15) is 0 Å². The number of amides is 1. The Kier molecular flexibility index (Phi) is 7.13. The Morgan fingerprint density at radius 1 is 0.765 bits per heavy atom. The van der Waals surface area contributed by atoms with Gasteiger partial charge in [-0.1, -0.05) is 36.4 Å². The highest BCUT2D eigenvalue weighted by atomic mass is 16.5. The quantitative estimate of drug-likeness (QED) is 0.314. The first-order chi connectivity index (χ1) is 16.5. The molecule has 0 aliphatic rings. The summed E-state index contributed by atoms with van der Waals surface area (Å²) in [6, 6.07) is 28.2. The normalized spacial score (nSPS) is 10.4. The fourth-order valence-corrected chi connectivity index (χ4v) is 3.68. The first-order valence-electron chi connectivity index (χ1n) is 11.0. The van der Waals surface area contributed by atoms with Gasteiger partial charge in [-0.05, 0) is 79.6 Å². The van der Waals surface area contributed by atoms with E-state index in [4.69, 9.17) is 14.2 Å².